The molecule has 0 unspecified atom stereocenters. The molecule has 1 aromatic carbocycles. The van der Waals surface area contributed by atoms with Crippen molar-refractivity contribution in [2.45, 2.75) is 30.7 Å². The number of carbonyl (C=O) groups is 1. The number of benzene rings is 1. The fourth-order valence-electron chi connectivity index (χ4n) is 1.60. The Kier molecular flexibility index (Phi) is 4.29. The van der Waals surface area contributed by atoms with Crippen LogP contribution in [0.1, 0.15) is 25.8 Å². The number of nitrogens with zero attached hydrogens (tertiary/aromatic N) is 1. The van der Waals surface area contributed by atoms with E-state index in [0.29, 0.717) is 5.56 Å². The maximum atomic E-state index is 12.1. The lowest BCUT2D eigenvalue weighted by molar-refractivity contribution is -0.119. The minimum absolute atomic E-state index is 0.0315. The van der Waals surface area contributed by atoms with E-state index in [4.69, 9.17) is 11.0 Å². The van der Waals surface area contributed by atoms with Crippen LogP contribution in [0.15, 0.2) is 29.2 Å². The largest absolute Gasteiger partial charge is 0.370 e. The smallest absolute Gasteiger partial charge is 0.241 e. The van der Waals surface area contributed by atoms with Crippen molar-refractivity contribution >= 4 is 15.9 Å². The summed E-state index contributed by atoms with van der Waals surface area (Å²) in [7, 11) is -3.76. The zero-order valence-electron chi connectivity index (χ0n) is 10.7. The van der Waals surface area contributed by atoms with Crippen molar-refractivity contribution in [2.75, 3.05) is 0 Å². The molecule has 0 fully saturated rings. The maximum Gasteiger partial charge on any atom is 0.241 e. The fourth-order valence-corrected chi connectivity index (χ4v) is 3.01. The Hall–Kier alpha value is -1.91. The molecular weight excluding hydrogens is 266 g/mol. The Morgan fingerprint density at radius 2 is 1.89 bits per heavy atom. The summed E-state index contributed by atoms with van der Waals surface area (Å²) in [5.74, 6) is -0.590. The number of rotatable bonds is 5. The van der Waals surface area contributed by atoms with Crippen molar-refractivity contribution in [3.8, 4) is 6.07 Å². The minimum atomic E-state index is -3.76. The fraction of sp³-hybridized carbons (Fsp3) is 0.333. The molecule has 3 N–H and O–H groups in total. The monoisotopic (exact) mass is 281 g/mol. The van der Waals surface area contributed by atoms with Crippen LogP contribution in [0.5, 0.6) is 0 Å². The van der Waals surface area contributed by atoms with Crippen molar-refractivity contribution in [3.05, 3.63) is 29.8 Å². The van der Waals surface area contributed by atoms with Crippen molar-refractivity contribution in [3.63, 3.8) is 0 Å². The molecular formula is C12H15N3O3S. The summed E-state index contributed by atoms with van der Waals surface area (Å²) in [5, 5.41) is 8.65. The first-order chi connectivity index (χ1) is 8.66. The zero-order chi connectivity index (χ0) is 14.7. The topological polar surface area (TPSA) is 113 Å². The Bertz CT molecular complexity index is 613. The van der Waals surface area contributed by atoms with Gasteiger partial charge in [-0.05, 0) is 38.1 Å². The summed E-state index contributed by atoms with van der Waals surface area (Å²) >= 11 is 0. The highest BCUT2D eigenvalue weighted by molar-refractivity contribution is 7.89. The lowest BCUT2D eigenvalue weighted by Crippen LogP contribution is -2.45. The van der Waals surface area contributed by atoms with Gasteiger partial charge < -0.3 is 5.73 Å². The molecule has 0 radical (unpaired) electrons. The van der Waals surface area contributed by atoms with Crippen LogP contribution in [0.2, 0.25) is 0 Å². The Morgan fingerprint density at radius 3 is 2.32 bits per heavy atom. The van der Waals surface area contributed by atoms with Crippen LogP contribution in [-0.2, 0) is 14.8 Å². The molecule has 0 aliphatic rings. The lowest BCUT2D eigenvalue weighted by Gasteiger charge is -2.24. The van der Waals surface area contributed by atoms with Gasteiger partial charge in [0.05, 0.1) is 16.5 Å². The Morgan fingerprint density at radius 1 is 1.37 bits per heavy atom. The van der Waals surface area contributed by atoms with Gasteiger partial charge in [-0.3, -0.25) is 4.79 Å². The molecule has 0 aliphatic carbocycles. The number of hydrogen-bond acceptors (Lipinski definition) is 4. The second kappa shape index (κ2) is 5.38. The molecule has 0 saturated heterocycles. The van der Waals surface area contributed by atoms with Gasteiger partial charge in [-0.25, -0.2) is 13.1 Å². The van der Waals surface area contributed by atoms with Gasteiger partial charge in [-0.15, -0.1) is 0 Å². The van der Waals surface area contributed by atoms with E-state index < -0.39 is 21.5 Å². The molecule has 0 heterocycles. The van der Waals surface area contributed by atoms with E-state index >= 15 is 0 Å². The normalized spacial score (nSPS) is 11.8. The predicted octanol–water partition coefficient (Wildman–Crippen LogP) is 0.491. The van der Waals surface area contributed by atoms with E-state index in [2.05, 4.69) is 4.72 Å². The second-order valence-electron chi connectivity index (χ2n) is 4.77. The molecule has 1 aromatic rings. The SMILES string of the molecule is CC(C)(CC(N)=O)NS(=O)(=O)c1ccc(C#N)cc1. The van der Waals surface area contributed by atoms with Gasteiger partial charge in [-0.1, -0.05) is 0 Å². The number of primary amides is 1. The van der Waals surface area contributed by atoms with Gasteiger partial charge in [0.2, 0.25) is 15.9 Å². The summed E-state index contributed by atoms with van der Waals surface area (Å²) in [6.45, 7) is 3.14. The molecule has 6 nitrogen and oxygen atoms in total. The van der Waals surface area contributed by atoms with Gasteiger partial charge in [-0.2, -0.15) is 5.26 Å². The van der Waals surface area contributed by atoms with E-state index in [9.17, 15) is 13.2 Å². The molecule has 0 atom stereocenters. The highest BCUT2D eigenvalue weighted by atomic mass is 32.2. The molecule has 1 rings (SSSR count). The molecule has 0 spiro atoms. The standard InChI is InChI=1S/C12H15N3O3S/c1-12(2,7-11(14)16)15-19(17,18)10-5-3-9(8-13)4-6-10/h3-6,15H,7H2,1-2H3,(H2,14,16). The molecule has 0 bridgehead atoms. The van der Waals surface area contributed by atoms with E-state index in [-0.39, 0.29) is 11.3 Å². The number of amides is 1. The van der Waals surface area contributed by atoms with Crippen LogP contribution in [0, 0.1) is 11.3 Å². The summed E-state index contributed by atoms with van der Waals surface area (Å²) in [6, 6.07) is 7.40. The van der Waals surface area contributed by atoms with Crippen LogP contribution in [0.25, 0.3) is 0 Å². The number of carbonyl (C=O) groups excluding carboxylic acids is 1. The van der Waals surface area contributed by atoms with E-state index in [0.717, 1.165) is 0 Å². The van der Waals surface area contributed by atoms with Crippen molar-refractivity contribution in [1.82, 2.24) is 4.72 Å². The summed E-state index contributed by atoms with van der Waals surface area (Å²) in [4.78, 5) is 10.9. The summed E-state index contributed by atoms with van der Waals surface area (Å²) in [5.41, 5.74) is 4.46. The third kappa shape index (κ3) is 4.35. The predicted molar refractivity (Wildman–Crippen MR) is 69.4 cm³/mol. The third-order valence-corrected chi connectivity index (χ3v) is 4.03. The molecule has 0 aliphatic heterocycles. The summed E-state index contributed by atoms with van der Waals surface area (Å²) < 4.78 is 26.6. The first-order valence-corrected chi connectivity index (χ1v) is 6.97. The van der Waals surface area contributed by atoms with Crippen molar-refractivity contribution in [2.24, 2.45) is 5.73 Å². The first-order valence-electron chi connectivity index (χ1n) is 5.49. The van der Waals surface area contributed by atoms with Gasteiger partial charge in [0, 0.05) is 12.0 Å². The van der Waals surface area contributed by atoms with Gasteiger partial charge in [0.25, 0.3) is 0 Å². The van der Waals surface area contributed by atoms with Crippen LogP contribution in [-0.4, -0.2) is 19.9 Å². The molecule has 1 amide bonds. The number of hydrogen-bond donors (Lipinski definition) is 2. The number of nitrogens with one attached hydrogen (secondary N) is 1. The quantitative estimate of drug-likeness (QED) is 0.817. The second-order valence-corrected chi connectivity index (χ2v) is 6.45. The molecule has 102 valence electrons. The van der Waals surface area contributed by atoms with Crippen molar-refractivity contribution < 1.29 is 13.2 Å². The molecule has 7 heteroatoms. The zero-order valence-corrected chi connectivity index (χ0v) is 11.5. The minimum Gasteiger partial charge on any atom is -0.370 e. The van der Waals surface area contributed by atoms with Crippen LogP contribution in [0.3, 0.4) is 0 Å². The van der Waals surface area contributed by atoms with Gasteiger partial charge >= 0.3 is 0 Å². The average Bonchev–Trinajstić information content (AvgIpc) is 2.25. The van der Waals surface area contributed by atoms with E-state index in [1.165, 1.54) is 24.3 Å². The molecule has 19 heavy (non-hydrogen) atoms. The highest BCUT2D eigenvalue weighted by Gasteiger charge is 2.27. The Labute approximate surface area is 112 Å². The number of nitriles is 1. The van der Waals surface area contributed by atoms with Gasteiger partial charge in [0.1, 0.15) is 0 Å². The average molecular weight is 281 g/mol. The molecule has 0 aromatic heterocycles. The highest BCUT2D eigenvalue weighted by Crippen LogP contribution is 2.16. The van der Waals surface area contributed by atoms with E-state index in [1.807, 2.05) is 6.07 Å². The van der Waals surface area contributed by atoms with E-state index in [1.54, 1.807) is 13.8 Å². The van der Waals surface area contributed by atoms with Crippen molar-refractivity contribution in [1.29, 1.82) is 5.26 Å². The van der Waals surface area contributed by atoms with Crippen LogP contribution >= 0.6 is 0 Å². The Balaban J connectivity index is 2.98. The summed E-state index contributed by atoms with van der Waals surface area (Å²) in [6.07, 6.45) is -0.109. The number of nitrogens with two attached hydrogens (primary N) is 1. The third-order valence-electron chi connectivity index (χ3n) is 2.32. The lowest BCUT2D eigenvalue weighted by atomic mass is 10.0. The van der Waals surface area contributed by atoms with Crippen LogP contribution < -0.4 is 10.5 Å². The number of sulfonamides is 1. The van der Waals surface area contributed by atoms with Gasteiger partial charge in [0.15, 0.2) is 0 Å². The van der Waals surface area contributed by atoms with Crippen LogP contribution in [0.4, 0.5) is 0 Å². The first kappa shape index (κ1) is 15.1. The maximum absolute atomic E-state index is 12.1. The molecule has 0 saturated carbocycles.